The van der Waals surface area contributed by atoms with Crippen LogP contribution in [-0.4, -0.2) is 27.0 Å². The second kappa shape index (κ2) is 5.36. The van der Waals surface area contributed by atoms with E-state index in [1.165, 1.54) is 12.1 Å². The van der Waals surface area contributed by atoms with Crippen molar-refractivity contribution in [2.24, 2.45) is 0 Å². The number of nitrogens with one attached hydrogen (secondary N) is 2. The first-order valence-electron chi connectivity index (χ1n) is 6.02. The maximum Gasteiger partial charge on any atom is 0.243 e. The fourth-order valence-electron chi connectivity index (χ4n) is 2.15. The van der Waals surface area contributed by atoms with Gasteiger partial charge in [-0.3, -0.25) is 0 Å². The minimum atomic E-state index is -3.88. The lowest BCUT2D eigenvalue weighted by Crippen LogP contribution is -2.52. The summed E-state index contributed by atoms with van der Waals surface area (Å²) in [4.78, 5) is -0.364. The molecule has 1 fully saturated rings. The summed E-state index contributed by atoms with van der Waals surface area (Å²) in [6, 6.07) is 3.55. The van der Waals surface area contributed by atoms with Gasteiger partial charge in [-0.05, 0) is 51.1 Å². The predicted octanol–water partition coefficient (Wildman–Crippen LogP) is 1.90. The lowest BCUT2D eigenvalue weighted by atomic mass is 9.92. The second-order valence-electron chi connectivity index (χ2n) is 4.99. The van der Waals surface area contributed by atoms with Crippen molar-refractivity contribution in [1.82, 2.24) is 10.0 Å². The smallest absolute Gasteiger partial charge is 0.243 e. The van der Waals surface area contributed by atoms with Gasteiger partial charge in [0.2, 0.25) is 10.0 Å². The molecule has 2 rings (SSSR count). The third-order valence-corrected chi connectivity index (χ3v) is 5.18. The number of halogens is 2. The summed E-state index contributed by atoms with van der Waals surface area (Å²) in [5, 5.41) is 3.33. The summed E-state index contributed by atoms with van der Waals surface area (Å²) >= 11 is 5.62. The molecule has 0 amide bonds. The van der Waals surface area contributed by atoms with E-state index >= 15 is 0 Å². The third kappa shape index (κ3) is 3.45. The molecule has 106 valence electrons. The molecule has 19 heavy (non-hydrogen) atoms. The van der Waals surface area contributed by atoms with E-state index in [4.69, 9.17) is 11.6 Å². The van der Waals surface area contributed by atoms with Crippen molar-refractivity contribution < 1.29 is 12.8 Å². The molecule has 0 radical (unpaired) electrons. The Morgan fingerprint density at radius 3 is 2.58 bits per heavy atom. The molecule has 0 saturated carbocycles. The Kier molecular flexibility index (Phi) is 4.15. The average Bonchev–Trinajstić information content (AvgIpc) is 2.27. The lowest BCUT2D eigenvalue weighted by molar-refractivity contribution is 0.307. The fourth-order valence-corrected chi connectivity index (χ4v) is 3.84. The van der Waals surface area contributed by atoms with Gasteiger partial charge in [-0.2, -0.15) is 0 Å². The van der Waals surface area contributed by atoms with Gasteiger partial charge in [0, 0.05) is 10.6 Å². The molecule has 7 heteroatoms. The van der Waals surface area contributed by atoms with Crippen LogP contribution >= 0.6 is 11.6 Å². The van der Waals surface area contributed by atoms with Crippen LogP contribution in [0.15, 0.2) is 23.1 Å². The van der Waals surface area contributed by atoms with E-state index in [0.717, 1.165) is 19.2 Å². The van der Waals surface area contributed by atoms with E-state index in [9.17, 15) is 12.8 Å². The summed E-state index contributed by atoms with van der Waals surface area (Å²) in [5.41, 5.74) is -0.545. The fraction of sp³-hybridized carbons (Fsp3) is 0.500. The minimum absolute atomic E-state index is 0.171. The van der Waals surface area contributed by atoms with Crippen LogP contribution in [0.25, 0.3) is 0 Å². The average molecular weight is 307 g/mol. The first-order chi connectivity index (χ1) is 8.82. The maximum atomic E-state index is 13.7. The van der Waals surface area contributed by atoms with E-state index in [0.29, 0.717) is 12.8 Å². The molecule has 4 nitrogen and oxygen atoms in total. The van der Waals surface area contributed by atoms with E-state index in [1.54, 1.807) is 0 Å². The van der Waals surface area contributed by atoms with Crippen LogP contribution in [0.2, 0.25) is 5.02 Å². The van der Waals surface area contributed by atoms with Crippen LogP contribution < -0.4 is 10.0 Å². The normalized spacial score (nSPS) is 19.3. The zero-order chi connectivity index (χ0) is 14.1. The van der Waals surface area contributed by atoms with Gasteiger partial charge >= 0.3 is 0 Å². The quantitative estimate of drug-likeness (QED) is 0.897. The first-order valence-corrected chi connectivity index (χ1v) is 7.88. The van der Waals surface area contributed by atoms with Crippen molar-refractivity contribution in [1.29, 1.82) is 0 Å². The van der Waals surface area contributed by atoms with Gasteiger partial charge in [0.25, 0.3) is 0 Å². The van der Waals surface area contributed by atoms with Crippen molar-refractivity contribution >= 4 is 21.6 Å². The molecule has 1 aliphatic heterocycles. The van der Waals surface area contributed by atoms with Gasteiger partial charge in [-0.15, -0.1) is 0 Å². The molecule has 0 unspecified atom stereocenters. The monoisotopic (exact) mass is 306 g/mol. The second-order valence-corrected chi connectivity index (χ2v) is 7.08. The summed E-state index contributed by atoms with van der Waals surface area (Å²) in [5.74, 6) is -0.836. The van der Waals surface area contributed by atoms with Crippen molar-refractivity contribution in [2.75, 3.05) is 13.1 Å². The summed E-state index contributed by atoms with van der Waals surface area (Å²) in [6.07, 6.45) is 1.34. The van der Waals surface area contributed by atoms with Crippen LogP contribution in [0, 0.1) is 5.82 Å². The number of sulfonamides is 1. The summed E-state index contributed by atoms with van der Waals surface area (Å²) in [7, 11) is -3.88. The van der Waals surface area contributed by atoms with E-state index in [-0.39, 0.29) is 9.92 Å². The maximum absolute atomic E-state index is 13.7. The number of piperidine rings is 1. The molecule has 0 aromatic heterocycles. The zero-order valence-electron chi connectivity index (χ0n) is 10.5. The van der Waals surface area contributed by atoms with Crippen LogP contribution in [-0.2, 0) is 10.0 Å². The van der Waals surface area contributed by atoms with Gasteiger partial charge in [-0.1, -0.05) is 11.6 Å². The topological polar surface area (TPSA) is 58.2 Å². The van der Waals surface area contributed by atoms with Gasteiger partial charge in [-0.25, -0.2) is 17.5 Å². The van der Waals surface area contributed by atoms with Crippen molar-refractivity contribution in [3.05, 3.63) is 29.0 Å². The minimum Gasteiger partial charge on any atom is -0.317 e. The molecular weight excluding hydrogens is 291 g/mol. The van der Waals surface area contributed by atoms with E-state index in [2.05, 4.69) is 10.0 Å². The Bertz CT molecular complexity index is 571. The Balaban J connectivity index is 2.27. The SMILES string of the molecule is CC1(NS(=O)(=O)c2ccc(Cl)cc2F)CCNCC1. The molecular formula is C12H16ClFN2O2S. The highest BCUT2D eigenvalue weighted by Gasteiger charge is 2.33. The molecule has 2 N–H and O–H groups in total. The van der Waals surface area contributed by atoms with Gasteiger partial charge < -0.3 is 5.32 Å². The summed E-state index contributed by atoms with van der Waals surface area (Å²) < 4.78 is 40.8. The number of hydrogen-bond acceptors (Lipinski definition) is 3. The highest BCUT2D eigenvalue weighted by atomic mass is 35.5. The predicted molar refractivity (Wildman–Crippen MR) is 72.2 cm³/mol. The van der Waals surface area contributed by atoms with Crippen LogP contribution in [0.1, 0.15) is 19.8 Å². The Morgan fingerprint density at radius 1 is 1.37 bits per heavy atom. The molecule has 1 heterocycles. The number of rotatable bonds is 3. The molecule has 1 aromatic rings. The largest absolute Gasteiger partial charge is 0.317 e. The Labute approximate surface area is 117 Å². The standard InChI is InChI=1S/C12H16ClFN2O2S/c1-12(4-6-15-7-5-12)16-19(17,18)11-3-2-9(13)8-10(11)14/h2-3,8,15-16H,4-7H2,1H3. The van der Waals surface area contributed by atoms with Crippen LogP contribution in [0.3, 0.4) is 0 Å². The van der Waals surface area contributed by atoms with Crippen molar-refractivity contribution in [3.63, 3.8) is 0 Å². The molecule has 0 aliphatic carbocycles. The van der Waals surface area contributed by atoms with Gasteiger partial charge in [0.1, 0.15) is 10.7 Å². The number of hydrogen-bond donors (Lipinski definition) is 2. The van der Waals surface area contributed by atoms with E-state index in [1.807, 2.05) is 6.92 Å². The first kappa shape index (κ1) is 14.7. The zero-order valence-corrected chi connectivity index (χ0v) is 12.1. The number of benzene rings is 1. The molecule has 1 aromatic carbocycles. The Morgan fingerprint density at radius 2 is 2.00 bits per heavy atom. The Hall–Kier alpha value is -0.690. The highest BCUT2D eigenvalue weighted by Crippen LogP contribution is 2.24. The van der Waals surface area contributed by atoms with Crippen molar-refractivity contribution in [2.45, 2.75) is 30.2 Å². The molecule has 0 bridgehead atoms. The van der Waals surface area contributed by atoms with Gasteiger partial charge in [0.15, 0.2) is 0 Å². The van der Waals surface area contributed by atoms with E-state index < -0.39 is 21.4 Å². The van der Waals surface area contributed by atoms with Crippen LogP contribution in [0.4, 0.5) is 4.39 Å². The third-order valence-electron chi connectivity index (χ3n) is 3.27. The molecule has 0 atom stereocenters. The van der Waals surface area contributed by atoms with Crippen LogP contribution in [0.5, 0.6) is 0 Å². The summed E-state index contributed by atoms with van der Waals surface area (Å²) in [6.45, 7) is 3.31. The molecule has 1 saturated heterocycles. The van der Waals surface area contributed by atoms with Crippen molar-refractivity contribution in [3.8, 4) is 0 Å². The molecule has 0 spiro atoms. The highest BCUT2D eigenvalue weighted by molar-refractivity contribution is 7.89. The molecule has 1 aliphatic rings. The van der Waals surface area contributed by atoms with Gasteiger partial charge in [0.05, 0.1) is 0 Å². The lowest BCUT2D eigenvalue weighted by Gasteiger charge is -2.34.